The van der Waals surface area contributed by atoms with Gasteiger partial charge in [-0.25, -0.2) is 0 Å². The highest BCUT2D eigenvalue weighted by Crippen LogP contribution is 2.66. The van der Waals surface area contributed by atoms with Gasteiger partial charge < -0.3 is 5.11 Å². The predicted octanol–water partition coefficient (Wildman–Crippen LogP) is 3.88. The normalized spacial score (nSPS) is 48.7. The Balaban J connectivity index is 1.67. The molecule has 6 atom stereocenters. The fourth-order valence-electron chi connectivity index (χ4n) is 6.96. The molecule has 4 aliphatic carbocycles. The van der Waals surface area contributed by atoms with Crippen LogP contribution in [0.15, 0.2) is 11.6 Å². The van der Waals surface area contributed by atoms with Crippen molar-refractivity contribution in [3.63, 3.8) is 0 Å². The molecule has 1 N–H and O–H groups in total. The van der Waals surface area contributed by atoms with Gasteiger partial charge in [0.2, 0.25) is 0 Å². The van der Waals surface area contributed by atoms with Crippen LogP contribution in [0.5, 0.6) is 0 Å². The Bertz CT molecular complexity index is 597. The lowest BCUT2D eigenvalue weighted by Gasteiger charge is -2.55. The van der Waals surface area contributed by atoms with Crippen LogP contribution in [0.2, 0.25) is 0 Å². The minimum absolute atomic E-state index is 0.0609. The van der Waals surface area contributed by atoms with Crippen LogP contribution >= 0.6 is 0 Å². The largest absolute Gasteiger partial charge is 0.377 e. The zero-order chi connectivity index (χ0) is 16.2. The summed E-state index contributed by atoms with van der Waals surface area (Å²) >= 11 is 0. The molecule has 124 valence electrons. The van der Waals surface area contributed by atoms with Crippen LogP contribution in [-0.4, -0.2) is 16.5 Å². The first-order valence-corrected chi connectivity index (χ1v) is 9.48. The van der Waals surface area contributed by atoms with E-state index in [0.717, 1.165) is 44.9 Å². The average Bonchev–Trinajstić information content (AvgIpc) is 2.88. The fraction of sp³-hybridized carbons (Fsp3) is 0.762. The van der Waals surface area contributed by atoms with Crippen LogP contribution in [0.25, 0.3) is 0 Å². The summed E-state index contributed by atoms with van der Waals surface area (Å²) in [6.07, 6.45) is 16.9. The lowest BCUT2D eigenvalue weighted by molar-refractivity contribution is -0.117. The van der Waals surface area contributed by atoms with Gasteiger partial charge in [0.05, 0.1) is 0 Å². The van der Waals surface area contributed by atoms with E-state index in [4.69, 9.17) is 6.42 Å². The molecule has 0 aromatic heterocycles. The average molecular weight is 312 g/mol. The lowest BCUT2D eigenvalue weighted by atomic mass is 9.49. The highest BCUT2D eigenvalue weighted by molar-refractivity contribution is 5.91. The first kappa shape index (κ1) is 15.5. The van der Waals surface area contributed by atoms with E-state index in [9.17, 15) is 9.90 Å². The number of hydrogen-bond donors (Lipinski definition) is 1. The lowest BCUT2D eigenvalue weighted by Crippen LogP contribution is -2.53. The van der Waals surface area contributed by atoms with Crippen molar-refractivity contribution in [1.29, 1.82) is 0 Å². The molecule has 4 aliphatic rings. The van der Waals surface area contributed by atoms with Gasteiger partial charge in [0.15, 0.2) is 5.78 Å². The van der Waals surface area contributed by atoms with Crippen LogP contribution in [-0.2, 0) is 4.79 Å². The van der Waals surface area contributed by atoms with Crippen LogP contribution < -0.4 is 0 Å². The van der Waals surface area contributed by atoms with Crippen molar-refractivity contribution in [3.8, 4) is 12.3 Å². The third-order valence-corrected chi connectivity index (χ3v) is 8.02. The van der Waals surface area contributed by atoms with Crippen LogP contribution in [0.3, 0.4) is 0 Å². The molecule has 4 rings (SSSR count). The summed E-state index contributed by atoms with van der Waals surface area (Å²) in [4.78, 5) is 11.8. The Labute approximate surface area is 139 Å². The van der Waals surface area contributed by atoms with Crippen molar-refractivity contribution in [3.05, 3.63) is 11.6 Å². The molecule has 0 amide bonds. The van der Waals surface area contributed by atoms with E-state index in [1.807, 2.05) is 6.08 Å². The number of allylic oxidation sites excluding steroid dienone is 1. The van der Waals surface area contributed by atoms with E-state index in [1.54, 1.807) is 0 Å². The zero-order valence-electron chi connectivity index (χ0n) is 14.2. The van der Waals surface area contributed by atoms with Crippen LogP contribution in [0, 0.1) is 41.4 Å². The SMILES string of the molecule is C#C[C@]1(O)CCC2[C@@H]3CCC4=CC(=O)CC[C@@H]4C3CC[C@@]21CC. The molecule has 0 saturated heterocycles. The smallest absolute Gasteiger partial charge is 0.155 e. The number of fused-ring (bicyclic) bond motifs is 5. The molecule has 2 nitrogen and oxygen atoms in total. The quantitative estimate of drug-likeness (QED) is 0.746. The third kappa shape index (κ3) is 1.96. The number of terminal acetylenes is 1. The van der Waals surface area contributed by atoms with Gasteiger partial charge >= 0.3 is 0 Å². The Morgan fingerprint density at radius 3 is 2.78 bits per heavy atom. The molecule has 3 fully saturated rings. The Hall–Kier alpha value is -1.07. The highest BCUT2D eigenvalue weighted by Gasteiger charge is 2.63. The standard InChI is InChI=1S/C21H28O2/c1-3-20-11-9-17-16-8-6-15(22)13-14(16)5-7-18(17)19(20)10-12-21(20,23)4-2/h2,13,16-19,23H,3,5-12H2,1H3/t16-,17?,18+,19?,20-,21-/m0/s1. The maximum absolute atomic E-state index is 11.8. The number of rotatable bonds is 1. The molecule has 0 radical (unpaired) electrons. The Morgan fingerprint density at radius 1 is 1.22 bits per heavy atom. The van der Waals surface area contributed by atoms with Crippen molar-refractivity contribution in [1.82, 2.24) is 0 Å². The maximum atomic E-state index is 11.8. The van der Waals surface area contributed by atoms with Crippen molar-refractivity contribution in [2.75, 3.05) is 0 Å². The molecule has 0 heterocycles. The van der Waals surface area contributed by atoms with E-state index in [1.165, 1.54) is 18.4 Å². The molecule has 2 unspecified atom stereocenters. The van der Waals surface area contributed by atoms with Gasteiger partial charge in [0, 0.05) is 11.8 Å². The molecule has 2 heteroatoms. The number of aliphatic hydroxyl groups is 1. The minimum Gasteiger partial charge on any atom is -0.377 e. The first-order chi connectivity index (χ1) is 11.0. The fourth-order valence-corrected chi connectivity index (χ4v) is 6.96. The van der Waals surface area contributed by atoms with Crippen molar-refractivity contribution in [2.45, 2.75) is 70.3 Å². The summed E-state index contributed by atoms with van der Waals surface area (Å²) in [5.41, 5.74) is 0.474. The molecule has 0 bridgehead atoms. The Kier molecular flexibility index (Phi) is 3.50. The first-order valence-electron chi connectivity index (χ1n) is 9.48. The Morgan fingerprint density at radius 2 is 2.04 bits per heavy atom. The molecule has 0 spiro atoms. The summed E-state index contributed by atoms with van der Waals surface area (Å²) in [5, 5.41) is 11.1. The molecular weight excluding hydrogens is 284 g/mol. The topological polar surface area (TPSA) is 37.3 Å². The van der Waals surface area contributed by atoms with E-state index >= 15 is 0 Å². The third-order valence-electron chi connectivity index (χ3n) is 8.02. The maximum Gasteiger partial charge on any atom is 0.155 e. The van der Waals surface area contributed by atoms with E-state index in [-0.39, 0.29) is 5.41 Å². The molecule has 0 aliphatic heterocycles. The number of carbonyl (C=O) groups is 1. The van der Waals surface area contributed by atoms with Crippen LogP contribution in [0.1, 0.15) is 64.7 Å². The number of carbonyl (C=O) groups excluding carboxylic acids is 1. The second-order valence-corrected chi connectivity index (χ2v) is 8.40. The van der Waals surface area contributed by atoms with Crippen molar-refractivity contribution < 1.29 is 9.90 Å². The molecule has 3 saturated carbocycles. The van der Waals surface area contributed by atoms with Gasteiger partial charge in [-0.1, -0.05) is 18.4 Å². The van der Waals surface area contributed by atoms with E-state index in [0.29, 0.717) is 29.5 Å². The van der Waals surface area contributed by atoms with Crippen LogP contribution in [0.4, 0.5) is 0 Å². The van der Waals surface area contributed by atoms with Gasteiger partial charge in [-0.3, -0.25) is 4.79 Å². The summed E-state index contributed by atoms with van der Waals surface area (Å²) in [7, 11) is 0. The summed E-state index contributed by atoms with van der Waals surface area (Å²) in [6.45, 7) is 2.22. The van der Waals surface area contributed by atoms with Gasteiger partial charge in [-0.15, -0.1) is 6.42 Å². The predicted molar refractivity (Wildman–Crippen MR) is 90.5 cm³/mol. The molecular formula is C21H28O2. The number of ketones is 1. The summed E-state index contributed by atoms with van der Waals surface area (Å²) in [6, 6.07) is 0. The van der Waals surface area contributed by atoms with E-state index in [2.05, 4.69) is 12.8 Å². The second kappa shape index (κ2) is 5.21. The second-order valence-electron chi connectivity index (χ2n) is 8.40. The summed E-state index contributed by atoms with van der Waals surface area (Å²) < 4.78 is 0. The van der Waals surface area contributed by atoms with E-state index < -0.39 is 5.60 Å². The monoisotopic (exact) mass is 312 g/mol. The summed E-state index contributed by atoms with van der Waals surface area (Å²) in [5.74, 6) is 5.73. The van der Waals surface area contributed by atoms with Gasteiger partial charge in [-0.05, 0) is 81.1 Å². The molecule has 0 aromatic rings. The molecule has 0 aromatic carbocycles. The van der Waals surface area contributed by atoms with Gasteiger partial charge in [-0.2, -0.15) is 0 Å². The highest BCUT2D eigenvalue weighted by atomic mass is 16.3. The minimum atomic E-state index is -0.893. The van der Waals surface area contributed by atoms with Crippen molar-refractivity contribution >= 4 is 5.78 Å². The molecule has 23 heavy (non-hydrogen) atoms. The van der Waals surface area contributed by atoms with Gasteiger partial charge in [0.1, 0.15) is 5.60 Å². The van der Waals surface area contributed by atoms with Crippen molar-refractivity contribution in [2.24, 2.45) is 29.1 Å². The number of hydrogen-bond acceptors (Lipinski definition) is 2. The van der Waals surface area contributed by atoms with Gasteiger partial charge in [0.25, 0.3) is 0 Å². The zero-order valence-corrected chi connectivity index (χ0v) is 14.2.